The van der Waals surface area contributed by atoms with Gasteiger partial charge in [0, 0.05) is 23.3 Å². The third-order valence-electron chi connectivity index (χ3n) is 6.16. The van der Waals surface area contributed by atoms with Gasteiger partial charge in [0.15, 0.2) is 0 Å². The van der Waals surface area contributed by atoms with E-state index < -0.39 is 0 Å². The first-order valence-corrected chi connectivity index (χ1v) is 11.4. The summed E-state index contributed by atoms with van der Waals surface area (Å²) in [6, 6.07) is 28.2. The van der Waals surface area contributed by atoms with Crippen molar-refractivity contribution in [1.82, 2.24) is 4.57 Å². The number of hydrogen-bond donors (Lipinski definition) is 4. The minimum Gasteiger partial charge on any atom is -0.489 e. The number of benzene rings is 4. The summed E-state index contributed by atoms with van der Waals surface area (Å²) in [7, 11) is 0. The molecule has 0 amide bonds. The van der Waals surface area contributed by atoms with Gasteiger partial charge in [-0.2, -0.15) is 0 Å². The van der Waals surface area contributed by atoms with Gasteiger partial charge in [-0.15, -0.1) is 0 Å². The Bertz CT molecular complexity index is 1700. The molecule has 0 radical (unpaired) electrons. The second-order valence-corrected chi connectivity index (χ2v) is 8.69. The second kappa shape index (κ2) is 9.38. The number of aromatic nitrogens is 1. The molecule has 0 saturated carbocycles. The van der Waals surface area contributed by atoms with E-state index in [2.05, 4.69) is 0 Å². The zero-order valence-electron chi connectivity index (χ0n) is 19.5. The maximum absolute atomic E-state index is 12.9. The predicted molar refractivity (Wildman–Crippen MR) is 144 cm³/mol. The molecule has 0 aliphatic heterocycles. The van der Waals surface area contributed by atoms with Gasteiger partial charge in [0.25, 0.3) is 5.56 Å². The normalized spacial score (nSPS) is 11.0. The fraction of sp³-hybridized carbons (Fsp3) is 0.0690. The lowest BCUT2D eigenvalue weighted by molar-refractivity contribution is 0.306. The minimum absolute atomic E-state index is 0.0118. The molecule has 4 aromatic carbocycles. The van der Waals surface area contributed by atoms with Crippen molar-refractivity contribution in [2.45, 2.75) is 13.2 Å². The molecule has 7 heteroatoms. The van der Waals surface area contributed by atoms with Crippen LogP contribution in [0.1, 0.15) is 22.3 Å². The van der Waals surface area contributed by atoms with Crippen LogP contribution >= 0.6 is 0 Å². The van der Waals surface area contributed by atoms with E-state index in [0.29, 0.717) is 30.0 Å². The van der Waals surface area contributed by atoms with Crippen LogP contribution in [0.5, 0.6) is 5.75 Å². The van der Waals surface area contributed by atoms with Crippen molar-refractivity contribution in [3.8, 4) is 5.75 Å². The molecule has 6 N–H and O–H groups in total. The van der Waals surface area contributed by atoms with E-state index in [1.54, 1.807) is 16.7 Å². The van der Waals surface area contributed by atoms with E-state index in [1.165, 1.54) is 0 Å². The second-order valence-electron chi connectivity index (χ2n) is 8.69. The Labute approximate surface area is 207 Å². The number of ether oxygens (including phenoxy) is 1. The molecule has 178 valence electrons. The van der Waals surface area contributed by atoms with Gasteiger partial charge in [0.1, 0.15) is 24.0 Å². The molecule has 5 rings (SSSR count). The van der Waals surface area contributed by atoms with Crippen LogP contribution in [0.2, 0.25) is 0 Å². The zero-order valence-corrected chi connectivity index (χ0v) is 19.5. The molecule has 0 spiro atoms. The molecule has 0 unspecified atom stereocenters. The minimum atomic E-state index is -0.105. The van der Waals surface area contributed by atoms with Crippen LogP contribution in [0.3, 0.4) is 0 Å². The highest BCUT2D eigenvalue weighted by atomic mass is 16.5. The summed E-state index contributed by atoms with van der Waals surface area (Å²) in [6.45, 7) is 0.702. The first-order valence-electron chi connectivity index (χ1n) is 11.4. The summed E-state index contributed by atoms with van der Waals surface area (Å²) in [6.07, 6.45) is 0. The molecule has 0 aliphatic carbocycles. The molecule has 1 heterocycles. The number of nitrogen functional groups attached to an aromatic ring is 2. The van der Waals surface area contributed by atoms with Gasteiger partial charge in [-0.05, 0) is 63.7 Å². The Morgan fingerprint density at radius 3 is 2.25 bits per heavy atom. The number of rotatable bonds is 7. The number of amidine groups is 2. The summed E-state index contributed by atoms with van der Waals surface area (Å²) < 4.78 is 7.75. The van der Waals surface area contributed by atoms with E-state index in [1.807, 2.05) is 78.9 Å². The number of nitrogens with two attached hydrogens (primary N) is 2. The van der Waals surface area contributed by atoms with Crippen molar-refractivity contribution in [1.29, 1.82) is 10.8 Å². The summed E-state index contributed by atoms with van der Waals surface area (Å²) >= 11 is 0. The third-order valence-corrected chi connectivity index (χ3v) is 6.16. The zero-order chi connectivity index (χ0) is 25.2. The van der Waals surface area contributed by atoms with E-state index in [9.17, 15) is 4.79 Å². The average Bonchev–Trinajstić information content (AvgIpc) is 2.88. The molecule has 0 saturated heterocycles. The first kappa shape index (κ1) is 22.9. The third kappa shape index (κ3) is 4.67. The van der Waals surface area contributed by atoms with E-state index in [4.69, 9.17) is 27.0 Å². The predicted octanol–water partition coefficient (Wildman–Crippen LogP) is 4.35. The Kier molecular flexibility index (Phi) is 5.96. The van der Waals surface area contributed by atoms with Gasteiger partial charge < -0.3 is 20.8 Å². The monoisotopic (exact) mass is 475 g/mol. The van der Waals surface area contributed by atoms with Gasteiger partial charge in [-0.1, -0.05) is 42.5 Å². The molecule has 0 atom stereocenters. The van der Waals surface area contributed by atoms with Crippen molar-refractivity contribution < 1.29 is 4.74 Å². The van der Waals surface area contributed by atoms with Crippen molar-refractivity contribution in [2.75, 3.05) is 0 Å². The highest BCUT2D eigenvalue weighted by Crippen LogP contribution is 2.23. The van der Waals surface area contributed by atoms with Crippen LogP contribution in [-0.2, 0) is 13.2 Å². The molecular weight excluding hydrogens is 450 g/mol. The fourth-order valence-electron chi connectivity index (χ4n) is 4.26. The van der Waals surface area contributed by atoms with Crippen molar-refractivity contribution in [3.05, 3.63) is 124 Å². The van der Waals surface area contributed by atoms with Crippen LogP contribution in [0.4, 0.5) is 0 Å². The van der Waals surface area contributed by atoms with E-state index in [0.717, 1.165) is 32.8 Å². The number of hydrogen-bond acceptors (Lipinski definition) is 4. The summed E-state index contributed by atoms with van der Waals surface area (Å²) in [4.78, 5) is 12.9. The molecule has 0 bridgehead atoms. The molecule has 5 aromatic rings. The van der Waals surface area contributed by atoms with E-state index in [-0.39, 0.29) is 17.2 Å². The Hall–Kier alpha value is -4.91. The lowest BCUT2D eigenvalue weighted by Crippen LogP contribution is -2.20. The Morgan fingerprint density at radius 2 is 1.44 bits per heavy atom. The summed E-state index contributed by atoms with van der Waals surface area (Å²) in [5.41, 5.74) is 15.1. The number of fused-ring (bicyclic) bond motifs is 2. The largest absolute Gasteiger partial charge is 0.489 e. The van der Waals surface area contributed by atoms with Gasteiger partial charge in [0.2, 0.25) is 0 Å². The number of nitrogens with one attached hydrogen (secondary N) is 2. The number of pyridine rings is 1. The summed E-state index contributed by atoms with van der Waals surface area (Å²) in [5.74, 6) is 0.672. The standard InChI is InChI=1S/C29H25N5O2/c30-28(31)22-3-1-2-19(13-22)17-36-25-10-8-21-9-11-27(35)34(26(21)15-25)16-18-4-5-20-6-7-23(29(32)33)14-24(20)12-18/h1-15H,16-17H2,(H3,30,31)(H3,32,33). The van der Waals surface area contributed by atoms with Crippen LogP contribution in [-0.4, -0.2) is 16.2 Å². The van der Waals surface area contributed by atoms with Gasteiger partial charge in [0.05, 0.1) is 12.1 Å². The first-order chi connectivity index (χ1) is 17.4. The van der Waals surface area contributed by atoms with Gasteiger partial charge >= 0.3 is 0 Å². The SMILES string of the molecule is N=C(N)c1cccc(COc2ccc3ccc(=O)n(Cc4ccc5ccc(C(=N)N)cc5c4)c3c2)c1. The van der Waals surface area contributed by atoms with Crippen LogP contribution in [0.15, 0.2) is 95.8 Å². The molecule has 0 fully saturated rings. The highest BCUT2D eigenvalue weighted by Gasteiger charge is 2.08. The molecular formula is C29H25N5O2. The maximum Gasteiger partial charge on any atom is 0.251 e. The molecule has 1 aromatic heterocycles. The average molecular weight is 476 g/mol. The maximum atomic E-state index is 12.9. The Morgan fingerprint density at radius 1 is 0.722 bits per heavy atom. The molecule has 7 nitrogen and oxygen atoms in total. The van der Waals surface area contributed by atoms with Gasteiger partial charge in [-0.3, -0.25) is 15.6 Å². The quantitative estimate of drug-likeness (QED) is 0.206. The molecule has 36 heavy (non-hydrogen) atoms. The fourth-order valence-corrected chi connectivity index (χ4v) is 4.26. The molecule has 0 aliphatic rings. The van der Waals surface area contributed by atoms with Crippen molar-refractivity contribution in [3.63, 3.8) is 0 Å². The lowest BCUT2D eigenvalue weighted by atomic mass is 10.0. The lowest BCUT2D eigenvalue weighted by Gasteiger charge is -2.13. The van der Waals surface area contributed by atoms with E-state index >= 15 is 0 Å². The topological polar surface area (TPSA) is 131 Å². The Balaban J connectivity index is 1.46. The van der Waals surface area contributed by atoms with Crippen molar-refractivity contribution >= 4 is 33.3 Å². The van der Waals surface area contributed by atoms with Gasteiger partial charge in [-0.25, -0.2) is 0 Å². The highest BCUT2D eigenvalue weighted by molar-refractivity contribution is 5.99. The van der Waals surface area contributed by atoms with Crippen LogP contribution in [0.25, 0.3) is 21.7 Å². The summed E-state index contributed by atoms with van der Waals surface area (Å²) in [5, 5.41) is 18.3. The van der Waals surface area contributed by atoms with Crippen LogP contribution < -0.4 is 21.8 Å². The van der Waals surface area contributed by atoms with Crippen molar-refractivity contribution in [2.24, 2.45) is 11.5 Å². The smallest absolute Gasteiger partial charge is 0.251 e. The van der Waals surface area contributed by atoms with Crippen LogP contribution in [0, 0.1) is 10.8 Å². The number of nitrogens with zero attached hydrogens (tertiary/aromatic N) is 1.